The number of hydrogen-bond donors (Lipinski definition) is 3. The van der Waals surface area contributed by atoms with Crippen molar-refractivity contribution in [3.63, 3.8) is 0 Å². The third kappa shape index (κ3) is 5.19. The van der Waals surface area contributed by atoms with Gasteiger partial charge in [-0.3, -0.25) is 4.79 Å². The van der Waals surface area contributed by atoms with Crippen LogP contribution < -0.4 is 10.6 Å². The van der Waals surface area contributed by atoms with Crippen molar-refractivity contribution in [2.24, 2.45) is 5.41 Å². The van der Waals surface area contributed by atoms with Crippen molar-refractivity contribution in [1.82, 2.24) is 15.6 Å². The Balaban J connectivity index is 1.31. The van der Waals surface area contributed by atoms with Crippen molar-refractivity contribution in [2.75, 3.05) is 13.2 Å². The number of alkyl carbamates (subject to hydrolysis) is 1. The fourth-order valence-corrected chi connectivity index (χ4v) is 4.84. The lowest BCUT2D eigenvalue weighted by molar-refractivity contribution is -0.130. The molecule has 1 atom stereocenters. The molecule has 1 heterocycles. The molecule has 182 valence electrons. The molecule has 0 saturated carbocycles. The van der Waals surface area contributed by atoms with Crippen LogP contribution in [0.2, 0.25) is 0 Å². The Labute approximate surface area is 207 Å². The fraction of sp³-hybridized carbons (Fsp3) is 0.308. The second-order valence-electron chi connectivity index (χ2n) is 8.70. The zero-order valence-electron chi connectivity index (χ0n) is 19.5. The number of nitrogens with one attached hydrogen (secondary N) is 2. The largest absolute Gasteiger partial charge is 0.477 e. The first kappa shape index (κ1) is 24.4. The number of thiazole rings is 1. The van der Waals surface area contributed by atoms with E-state index in [1.54, 1.807) is 6.92 Å². The Morgan fingerprint density at radius 2 is 1.69 bits per heavy atom. The number of carboxylic acids is 1. The summed E-state index contributed by atoms with van der Waals surface area (Å²) in [4.78, 5) is 40.5. The number of rotatable bonds is 9. The van der Waals surface area contributed by atoms with Crippen LogP contribution in [0.4, 0.5) is 4.79 Å². The molecule has 8 nitrogen and oxygen atoms in total. The number of benzene rings is 2. The van der Waals surface area contributed by atoms with Crippen molar-refractivity contribution in [3.8, 4) is 11.1 Å². The van der Waals surface area contributed by atoms with Gasteiger partial charge >= 0.3 is 12.1 Å². The number of aromatic carboxylic acids is 1. The second kappa shape index (κ2) is 10.3. The first-order valence-corrected chi connectivity index (χ1v) is 12.2. The maximum Gasteiger partial charge on any atom is 0.407 e. The highest BCUT2D eigenvalue weighted by Crippen LogP contribution is 2.44. The zero-order chi connectivity index (χ0) is 25.0. The number of nitrogens with zero attached hydrogens (tertiary/aromatic N) is 1. The van der Waals surface area contributed by atoms with Crippen molar-refractivity contribution < 1.29 is 24.2 Å². The van der Waals surface area contributed by atoms with Crippen LogP contribution in [0.15, 0.2) is 54.7 Å². The highest BCUT2D eigenvalue weighted by molar-refractivity contribution is 7.13. The van der Waals surface area contributed by atoms with Gasteiger partial charge in [-0.15, -0.1) is 11.3 Å². The molecule has 9 heteroatoms. The van der Waals surface area contributed by atoms with Gasteiger partial charge in [0.1, 0.15) is 16.5 Å². The molecule has 0 radical (unpaired) electrons. The molecule has 1 aliphatic carbocycles. The number of ether oxygens (including phenoxy) is 1. The lowest BCUT2D eigenvalue weighted by atomic mass is 9.86. The molecule has 3 N–H and O–H groups in total. The van der Waals surface area contributed by atoms with Crippen LogP contribution in [0.1, 0.15) is 52.0 Å². The lowest BCUT2D eigenvalue weighted by Gasteiger charge is -2.27. The number of aromatic nitrogens is 1. The lowest BCUT2D eigenvalue weighted by Crippen LogP contribution is -2.46. The van der Waals surface area contributed by atoms with Gasteiger partial charge in [0, 0.05) is 12.5 Å². The van der Waals surface area contributed by atoms with Crippen molar-refractivity contribution in [2.45, 2.75) is 32.7 Å². The number of fused-ring (bicyclic) bond motifs is 3. The predicted octanol–water partition coefficient (Wildman–Crippen LogP) is 4.41. The number of carboxylic acid groups (broad SMARTS) is 1. The molecule has 0 saturated heterocycles. The van der Waals surface area contributed by atoms with Gasteiger partial charge in [-0.1, -0.05) is 55.5 Å². The van der Waals surface area contributed by atoms with E-state index >= 15 is 0 Å². The Morgan fingerprint density at radius 3 is 2.26 bits per heavy atom. The van der Waals surface area contributed by atoms with Gasteiger partial charge in [-0.25, -0.2) is 14.6 Å². The molecule has 35 heavy (non-hydrogen) atoms. The summed E-state index contributed by atoms with van der Waals surface area (Å²) in [6, 6.07) is 16.2. The van der Waals surface area contributed by atoms with E-state index < -0.39 is 17.5 Å². The average Bonchev–Trinajstić information content (AvgIpc) is 3.48. The van der Waals surface area contributed by atoms with E-state index in [0.717, 1.165) is 33.6 Å². The van der Waals surface area contributed by atoms with Gasteiger partial charge in [0.15, 0.2) is 0 Å². The van der Waals surface area contributed by atoms with Crippen molar-refractivity contribution in [1.29, 1.82) is 0 Å². The number of hydrogen-bond acceptors (Lipinski definition) is 6. The number of amides is 2. The van der Waals surface area contributed by atoms with Crippen LogP contribution in [-0.2, 0) is 16.1 Å². The quantitative estimate of drug-likeness (QED) is 0.406. The first-order chi connectivity index (χ1) is 16.8. The summed E-state index contributed by atoms with van der Waals surface area (Å²) in [5.41, 5.74) is 3.71. The first-order valence-electron chi connectivity index (χ1n) is 11.4. The Kier molecular flexibility index (Phi) is 7.16. The predicted molar refractivity (Wildman–Crippen MR) is 132 cm³/mol. The molecule has 0 bridgehead atoms. The van der Waals surface area contributed by atoms with E-state index in [4.69, 9.17) is 9.84 Å². The molecule has 1 unspecified atom stereocenters. The number of carbonyl (C=O) groups excluding carboxylic acids is 2. The average molecular weight is 494 g/mol. The SMILES string of the molecule is CCC(C)(CNC(=O)OCC1c2ccccc2-c2ccccc21)C(=O)NCc1ncc(C(=O)O)s1. The molecule has 0 fully saturated rings. The van der Waals surface area contributed by atoms with Crippen LogP contribution in [0, 0.1) is 5.41 Å². The normalized spacial score (nSPS) is 13.9. The van der Waals surface area contributed by atoms with Gasteiger partial charge < -0.3 is 20.5 Å². The monoisotopic (exact) mass is 493 g/mol. The van der Waals surface area contributed by atoms with E-state index in [1.165, 1.54) is 6.20 Å². The maximum atomic E-state index is 12.8. The Morgan fingerprint density at radius 1 is 1.06 bits per heavy atom. The van der Waals surface area contributed by atoms with Crippen LogP contribution in [-0.4, -0.2) is 41.2 Å². The van der Waals surface area contributed by atoms with E-state index in [1.807, 2.05) is 31.2 Å². The zero-order valence-corrected chi connectivity index (χ0v) is 20.4. The highest BCUT2D eigenvalue weighted by atomic mass is 32.1. The molecular weight excluding hydrogens is 466 g/mol. The molecule has 0 spiro atoms. The van der Waals surface area contributed by atoms with Crippen LogP contribution in [0.5, 0.6) is 0 Å². The smallest absolute Gasteiger partial charge is 0.407 e. The second-order valence-corrected chi connectivity index (χ2v) is 9.81. The van der Waals surface area contributed by atoms with E-state index in [0.29, 0.717) is 11.4 Å². The van der Waals surface area contributed by atoms with E-state index in [9.17, 15) is 14.4 Å². The Bertz CT molecular complexity index is 1210. The minimum absolute atomic E-state index is 0.0389. The van der Waals surface area contributed by atoms with Gasteiger partial charge in [0.2, 0.25) is 5.91 Å². The summed E-state index contributed by atoms with van der Waals surface area (Å²) < 4.78 is 5.57. The summed E-state index contributed by atoms with van der Waals surface area (Å²) in [6.45, 7) is 4.05. The fourth-order valence-electron chi connectivity index (χ4n) is 4.14. The van der Waals surface area contributed by atoms with Gasteiger partial charge in [-0.05, 0) is 35.6 Å². The van der Waals surface area contributed by atoms with Crippen molar-refractivity contribution in [3.05, 3.63) is 75.7 Å². The third-order valence-electron chi connectivity index (χ3n) is 6.46. The van der Waals surface area contributed by atoms with Gasteiger partial charge in [-0.2, -0.15) is 0 Å². The molecule has 1 aromatic heterocycles. The molecule has 1 aliphatic rings. The minimum Gasteiger partial charge on any atom is -0.477 e. The third-order valence-corrected chi connectivity index (χ3v) is 7.44. The molecular formula is C26H27N3O5S. The van der Waals surface area contributed by atoms with E-state index in [-0.39, 0.29) is 36.4 Å². The van der Waals surface area contributed by atoms with Crippen LogP contribution >= 0.6 is 11.3 Å². The van der Waals surface area contributed by atoms with E-state index in [2.05, 4.69) is 39.9 Å². The van der Waals surface area contributed by atoms with Crippen LogP contribution in [0.3, 0.4) is 0 Å². The molecule has 2 aromatic carbocycles. The minimum atomic E-state index is -1.05. The van der Waals surface area contributed by atoms with Gasteiger partial charge in [0.05, 0.1) is 18.2 Å². The molecule has 2 amide bonds. The number of carbonyl (C=O) groups is 3. The molecule has 4 rings (SSSR count). The molecule has 3 aromatic rings. The summed E-state index contributed by atoms with van der Waals surface area (Å²) in [5, 5.41) is 15.0. The maximum absolute atomic E-state index is 12.8. The standard InChI is InChI=1S/C26H27N3O5S/c1-3-26(2,24(32)28-13-22-27-12-21(35-22)23(30)31)15-29-25(33)34-14-20-18-10-6-4-8-16(18)17-9-5-7-11-19(17)20/h4-12,20H,3,13-15H2,1-2H3,(H,28,32)(H,29,33)(H,30,31). The van der Waals surface area contributed by atoms with Crippen LogP contribution in [0.25, 0.3) is 11.1 Å². The van der Waals surface area contributed by atoms with Gasteiger partial charge in [0.25, 0.3) is 0 Å². The van der Waals surface area contributed by atoms with Crippen molar-refractivity contribution >= 4 is 29.3 Å². The summed E-state index contributed by atoms with van der Waals surface area (Å²) in [7, 11) is 0. The summed E-state index contributed by atoms with van der Waals surface area (Å²) in [5.74, 6) is -1.35. The highest BCUT2D eigenvalue weighted by Gasteiger charge is 2.33. The summed E-state index contributed by atoms with van der Waals surface area (Å²) in [6.07, 6.45) is 1.18. The topological polar surface area (TPSA) is 118 Å². The molecule has 0 aliphatic heterocycles. The Hall–Kier alpha value is -3.72. The summed E-state index contributed by atoms with van der Waals surface area (Å²) >= 11 is 1.01.